The Morgan fingerprint density at radius 3 is 1.81 bits per heavy atom. The number of benzene rings is 2. The van der Waals surface area contributed by atoms with Crippen LogP contribution in [-0.4, -0.2) is 24.8 Å². The fourth-order valence-corrected chi connectivity index (χ4v) is 2.94. The number of hydrogen-bond acceptors (Lipinski definition) is 4. The van der Waals surface area contributed by atoms with Crippen LogP contribution in [0.25, 0.3) is 0 Å². The molecule has 0 unspecified atom stereocenters. The van der Waals surface area contributed by atoms with Gasteiger partial charge in [-0.25, -0.2) is 4.90 Å². The number of amides is 2. The minimum atomic E-state index is -4.55. The van der Waals surface area contributed by atoms with Crippen molar-refractivity contribution in [3.8, 4) is 0 Å². The first kappa shape index (κ1) is 13.5. The molecule has 1 aliphatic rings. The van der Waals surface area contributed by atoms with Crippen molar-refractivity contribution >= 4 is 27.6 Å². The van der Waals surface area contributed by atoms with Gasteiger partial charge in [-0.05, 0) is 24.3 Å². The first-order valence-electron chi connectivity index (χ1n) is 5.95. The zero-order valence-electron chi connectivity index (χ0n) is 10.6. The summed E-state index contributed by atoms with van der Waals surface area (Å²) >= 11 is 0. The molecule has 2 amide bonds. The summed E-state index contributed by atoms with van der Waals surface area (Å²) in [6.45, 7) is 0. The molecule has 0 saturated heterocycles. The van der Waals surface area contributed by atoms with Crippen molar-refractivity contribution in [2.75, 3.05) is 4.90 Å². The third-order valence-corrected chi connectivity index (χ3v) is 4.08. The van der Waals surface area contributed by atoms with E-state index in [0.29, 0.717) is 0 Å². The fraction of sp³-hybridized carbons (Fsp3) is 0. The number of carbonyl (C=O) groups excluding carboxylic acids is 2. The SMILES string of the molecule is O=C1c2ccccc2C(=O)N1c1ccccc1S(=O)(=O)O. The lowest BCUT2D eigenvalue weighted by Gasteiger charge is -2.16. The molecule has 2 aromatic carbocycles. The first-order valence-corrected chi connectivity index (χ1v) is 7.39. The highest BCUT2D eigenvalue weighted by Crippen LogP contribution is 2.32. The van der Waals surface area contributed by atoms with E-state index in [1.165, 1.54) is 30.3 Å². The third-order valence-electron chi connectivity index (χ3n) is 3.18. The smallest absolute Gasteiger partial charge is 0.282 e. The summed E-state index contributed by atoms with van der Waals surface area (Å²) in [4.78, 5) is 24.9. The van der Waals surface area contributed by atoms with Gasteiger partial charge in [-0.3, -0.25) is 14.1 Å². The molecule has 106 valence electrons. The summed E-state index contributed by atoms with van der Waals surface area (Å²) in [7, 11) is -4.55. The summed E-state index contributed by atoms with van der Waals surface area (Å²) in [6, 6.07) is 11.5. The van der Waals surface area contributed by atoms with Gasteiger partial charge in [0.05, 0.1) is 16.8 Å². The van der Waals surface area contributed by atoms with E-state index in [1.54, 1.807) is 12.1 Å². The number of rotatable bonds is 2. The van der Waals surface area contributed by atoms with Gasteiger partial charge in [-0.2, -0.15) is 8.42 Å². The van der Waals surface area contributed by atoms with E-state index in [9.17, 15) is 22.6 Å². The maximum atomic E-state index is 12.3. The van der Waals surface area contributed by atoms with Crippen LogP contribution in [0.15, 0.2) is 53.4 Å². The van der Waals surface area contributed by atoms with Crippen molar-refractivity contribution < 1.29 is 22.6 Å². The molecule has 0 spiro atoms. The lowest BCUT2D eigenvalue weighted by Crippen LogP contribution is -2.30. The largest absolute Gasteiger partial charge is 0.296 e. The number of carbonyl (C=O) groups is 2. The zero-order chi connectivity index (χ0) is 15.2. The molecule has 1 N–H and O–H groups in total. The highest BCUT2D eigenvalue weighted by molar-refractivity contribution is 7.86. The summed E-state index contributed by atoms with van der Waals surface area (Å²) in [5.41, 5.74) is 0.242. The Labute approximate surface area is 120 Å². The molecule has 0 atom stereocenters. The van der Waals surface area contributed by atoms with Crippen molar-refractivity contribution in [1.82, 2.24) is 0 Å². The zero-order valence-corrected chi connectivity index (χ0v) is 11.4. The van der Waals surface area contributed by atoms with Crippen LogP contribution < -0.4 is 4.90 Å². The lowest BCUT2D eigenvalue weighted by atomic mass is 10.1. The number of anilines is 1. The first-order chi connectivity index (χ1) is 9.91. The fourth-order valence-electron chi connectivity index (χ4n) is 2.27. The molecule has 0 fully saturated rings. The molecule has 21 heavy (non-hydrogen) atoms. The monoisotopic (exact) mass is 303 g/mol. The average molecular weight is 303 g/mol. The molecule has 0 aliphatic carbocycles. The average Bonchev–Trinajstić information content (AvgIpc) is 2.71. The Bertz CT molecular complexity index is 837. The number of hydrogen-bond donors (Lipinski definition) is 1. The molecule has 1 aliphatic heterocycles. The molecule has 7 heteroatoms. The van der Waals surface area contributed by atoms with Gasteiger partial charge in [0.1, 0.15) is 4.90 Å². The van der Waals surface area contributed by atoms with E-state index in [-0.39, 0.29) is 16.8 Å². The highest BCUT2D eigenvalue weighted by Gasteiger charge is 2.38. The molecule has 6 nitrogen and oxygen atoms in total. The van der Waals surface area contributed by atoms with Crippen molar-refractivity contribution in [2.24, 2.45) is 0 Å². The van der Waals surface area contributed by atoms with Gasteiger partial charge in [-0.1, -0.05) is 24.3 Å². The Morgan fingerprint density at radius 1 is 0.810 bits per heavy atom. The summed E-state index contributed by atoms with van der Waals surface area (Å²) in [5.74, 6) is -1.24. The van der Waals surface area contributed by atoms with Gasteiger partial charge < -0.3 is 0 Å². The normalized spacial score (nSPS) is 14.4. The van der Waals surface area contributed by atoms with Crippen LogP contribution in [0, 0.1) is 0 Å². The predicted octanol–water partition coefficient (Wildman–Crippen LogP) is 1.73. The van der Waals surface area contributed by atoms with Crippen molar-refractivity contribution in [3.05, 3.63) is 59.7 Å². The Balaban J connectivity index is 2.21. The molecule has 0 bridgehead atoms. The van der Waals surface area contributed by atoms with Gasteiger partial charge >= 0.3 is 0 Å². The van der Waals surface area contributed by atoms with Crippen molar-refractivity contribution in [2.45, 2.75) is 4.90 Å². The number of imide groups is 1. The van der Waals surface area contributed by atoms with Crippen molar-refractivity contribution in [3.63, 3.8) is 0 Å². The van der Waals surface area contributed by atoms with E-state index >= 15 is 0 Å². The number of para-hydroxylation sites is 1. The summed E-state index contributed by atoms with van der Waals surface area (Å²) < 4.78 is 32.0. The minimum absolute atomic E-state index is 0.161. The molecule has 2 aromatic rings. The minimum Gasteiger partial charge on any atom is -0.282 e. The van der Waals surface area contributed by atoms with Crippen LogP contribution in [0.4, 0.5) is 5.69 Å². The number of nitrogens with zero attached hydrogens (tertiary/aromatic N) is 1. The van der Waals surface area contributed by atoms with Crippen molar-refractivity contribution in [1.29, 1.82) is 0 Å². The van der Waals surface area contributed by atoms with Crippen LogP contribution in [0.1, 0.15) is 20.7 Å². The molecular formula is C14H9NO5S. The molecule has 0 saturated carbocycles. The maximum absolute atomic E-state index is 12.3. The Morgan fingerprint density at radius 2 is 1.29 bits per heavy atom. The Hall–Kier alpha value is -2.51. The van der Waals surface area contributed by atoms with Crippen LogP contribution in [0.3, 0.4) is 0 Å². The standard InChI is InChI=1S/C14H9NO5S/c16-13-9-5-1-2-6-10(9)14(17)15(13)11-7-3-4-8-12(11)21(18,19)20/h1-8H,(H,18,19,20). The van der Waals surface area contributed by atoms with Crippen LogP contribution in [0.5, 0.6) is 0 Å². The van der Waals surface area contributed by atoms with E-state index < -0.39 is 26.8 Å². The van der Waals surface area contributed by atoms with Gasteiger partial charge in [0.25, 0.3) is 21.9 Å². The predicted molar refractivity (Wildman–Crippen MR) is 73.8 cm³/mol. The molecule has 3 rings (SSSR count). The van der Waals surface area contributed by atoms with Crippen LogP contribution in [0.2, 0.25) is 0 Å². The second-order valence-electron chi connectivity index (χ2n) is 4.43. The van der Waals surface area contributed by atoms with E-state index in [4.69, 9.17) is 0 Å². The maximum Gasteiger partial charge on any atom is 0.296 e. The molecule has 0 aromatic heterocycles. The Kier molecular flexibility index (Phi) is 2.89. The topological polar surface area (TPSA) is 91.8 Å². The van der Waals surface area contributed by atoms with Gasteiger partial charge in [0.2, 0.25) is 0 Å². The second-order valence-corrected chi connectivity index (χ2v) is 5.82. The lowest BCUT2D eigenvalue weighted by molar-refractivity contribution is 0.0925. The van der Waals surface area contributed by atoms with Crippen LogP contribution in [-0.2, 0) is 10.1 Å². The van der Waals surface area contributed by atoms with Gasteiger partial charge in [0.15, 0.2) is 0 Å². The number of fused-ring (bicyclic) bond motifs is 1. The van der Waals surface area contributed by atoms with Gasteiger partial charge in [0, 0.05) is 0 Å². The highest BCUT2D eigenvalue weighted by atomic mass is 32.2. The summed E-state index contributed by atoms with van der Waals surface area (Å²) in [5, 5.41) is 0. The van der Waals surface area contributed by atoms with E-state index in [1.807, 2.05) is 0 Å². The van der Waals surface area contributed by atoms with E-state index in [0.717, 1.165) is 11.0 Å². The van der Waals surface area contributed by atoms with Gasteiger partial charge in [-0.15, -0.1) is 0 Å². The molecular weight excluding hydrogens is 294 g/mol. The van der Waals surface area contributed by atoms with Crippen LogP contribution >= 0.6 is 0 Å². The quantitative estimate of drug-likeness (QED) is 0.674. The van der Waals surface area contributed by atoms with E-state index in [2.05, 4.69) is 0 Å². The summed E-state index contributed by atoms with van der Waals surface area (Å²) in [6.07, 6.45) is 0. The molecule has 0 radical (unpaired) electrons. The molecule has 1 heterocycles. The second kappa shape index (κ2) is 4.51. The third kappa shape index (κ3) is 2.03.